The summed E-state index contributed by atoms with van der Waals surface area (Å²) in [5.74, 6) is -0.0773. The quantitative estimate of drug-likeness (QED) is 0.389. The molecule has 2 heterocycles. The van der Waals surface area contributed by atoms with Gasteiger partial charge >= 0.3 is 5.69 Å². The zero-order valence-corrected chi connectivity index (χ0v) is 14.1. The summed E-state index contributed by atoms with van der Waals surface area (Å²) in [6.45, 7) is 4.91. The summed E-state index contributed by atoms with van der Waals surface area (Å²) in [6, 6.07) is -0.620. The minimum Gasteiger partial charge on any atom is -0.391 e. The molecule has 3 unspecified atom stereocenters. The molecule has 3 atom stereocenters. The van der Waals surface area contributed by atoms with Crippen LogP contribution in [0, 0.1) is 23.0 Å². The van der Waals surface area contributed by atoms with Crippen molar-refractivity contribution in [2.75, 3.05) is 25.0 Å². The van der Waals surface area contributed by atoms with Crippen LogP contribution in [0.4, 0.5) is 11.5 Å². The second-order valence-corrected chi connectivity index (χ2v) is 6.00. The number of anilines is 1. The van der Waals surface area contributed by atoms with Gasteiger partial charge in [0.25, 0.3) is 0 Å². The van der Waals surface area contributed by atoms with Gasteiger partial charge in [-0.2, -0.15) is 5.10 Å². The molecule has 1 aromatic rings. The first-order valence-electron chi connectivity index (χ1n) is 7.96. The van der Waals surface area contributed by atoms with Gasteiger partial charge in [0.05, 0.1) is 11.0 Å². The highest BCUT2D eigenvalue weighted by Gasteiger charge is 2.29. The van der Waals surface area contributed by atoms with Crippen LogP contribution in [0.3, 0.4) is 0 Å². The molecule has 2 rings (SSSR count). The molecule has 0 radical (unpaired) electrons. The first-order chi connectivity index (χ1) is 11.3. The summed E-state index contributed by atoms with van der Waals surface area (Å²) in [4.78, 5) is 23.1. The van der Waals surface area contributed by atoms with E-state index in [1.165, 1.54) is 4.68 Å². The lowest BCUT2D eigenvalue weighted by Crippen LogP contribution is -2.43. The number of β-amino-alcohol motifs (C(OH)–C–C–N with tert-alkyl or cyclic N) is 1. The van der Waals surface area contributed by atoms with Crippen LogP contribution < -0.4 is 16.0 Å². The maximum atomic E-state index is 12.4. The predicted octanol–water partition coefficient (Wildman–Crippen LogP) is -0.476. The van der Waals surface area contributed by atoms with Crippen molar-refractivity contribution in [3.05, 3.63) is 15.8 Å². The van der Waals surface area contributed by atoms with Crippen molar-refractivity contribution < 1.29 is 14.8 Å². The van der Waals surface area contributed by atoms with Crippen LogP contribution in [-0.4, -0.2) is 57.5 Å². The minimum atomic E-state index is -0.620. The molecule has 1 fully saturated rings. The molecule has 24 heavy (non-hydrogen) atoms. The highest BCUT2D eigenvalue weighted by atomic mass is 16.6. The fourth-order valence-corrected chi connectivity index (χ4v) is 2.83. The van der Waals surface area contributed by atoms with E-state index in [9.17, 15) is 20.0 Å². The van der Waals surface area contributed by atoms with Crippen molar-refractivity contribution in [1.82, 2.24) is 20.4 Å². The SMILES string of the molecule is CCC(Nc1c([N+](=O)[O-])c(C)nn1C)C(=O)NCC1CNCC1O. The number of amides is 1. The molecule has 0 aliphatic carbocycles. The smallest absolute Gasteiger partial charge is 0.333 e. The number of hydrogen-bond acceptors (Lipinski definition) is 7. The van der Waals surface area contributed by atoms with E-state index >= 15 is 0 Å². The first kappa shape index (κ1) is 18.1. The Labute approximate surface area is 139 Å². The van der Waals surface area contributed by atoms with Crippen LogP contribution in [0.15, 0.2) is 0 Å². The lowest BCUT2D eigenvalue weighted by atomic mass is 10.1. The number of nitro groups is 1. The van der Waals surface area contributed by atoms with Gasteiger partial charge in [-0.05, 0) is 13.3 Å². The van der Waals surface area contributed by atoms with E-state index in [4.69, 9.17) is 0 Å². The van der Waals surface area contributed by atoms with Crippen LogP contribution in [0.2, 0.25) is 0 Å². The summed E-state index contributed by atoms with van der Waals surface area (Å²) < 4.78 is 1.37. The molecule has 1 aromatic heterocycles. The van der Waals surface area contributed by atoms with E-state index in [0.29, 0.717) is 31.7 Å². The van der Waals surface area contributed by atoms with E-state index in [1.54, 1.807) is 14.0 Å². The average Bonchev–Trinajstić information content (AvgIpc) is 3.05. The van der Waals surface area contributed by atoms with E-state index in [1.807, 2.05) is 6.92 Å². The summed E-state index contributed by atoms with van der Waals surface area (Å²) >= 11 is 0. The Morgan fingerprint density at radius 2 is 2.29 bits per heavy atom. The number of aromatic nitrogens is 2. The van der Waals surface area contributed by atoms with Crippen LogP contribution in [-0.2, 0) is 11.8 Å². The van der Waals surface area contributed by atoms with Crippen LogP contribution in [0.1, 0.15) is 19.0 Å². The number of carbonyl (C=O) groups is 1. The summed E-state index contributed by atoms with van der Waals surface area (Å²) in [7, 11) is 1.59. The fraction of sp³-hybridized carbons (Fsp3) is 0.714. The fourth-order valence-electron chi connectivity index (χ4n) is 2.83. The van der Waals surface area contributed by atoms with Crippen molar-refractivity contribution in [2.45, 2.75) is 32.4 Å². The van der Waals surface area contributed by atoms with Gasteiger partial charge in [0.2, 0.25) is 11.7 Å². The Balaban J connectivity index is 2.04. The van der Waals surface area contributed by atoms with Crippen LogP contribution in [0.25, 0.3) is 0 Å². The Morgan fingerprint density at radius 1 is 1.58 bits per heavy atom. The molecule has 0 bridgehead atoms. The molecular weight excluding hydrogens is 316 g/mol. The Kier molecular flexibility index (Phi) is 5.73. The number of nitrogens with one attached hydrogen (secondary N) is 3. The molecule has 4 N–H and O–H groups in total. The molecule has 0 aromatic carbocycles. The number of aliphatic hydroxyl groups excluding tert-OH is 1. The summed E-state index contributed by atoms with van der Waals surface area (Å²) in [5.41, 5.74) is 0.166. The Hall–Kier alpha value is -2.20. The maximum absolute atomic E-state index is 12.4. The van der Waals surface area contributed by atoms with Gasteiger partial charge in [-0.1, -0.05) is 6.92 Å². The molecule has 10 nitrogen and oxygen atoms in total. The van der Waals surface area contributed by atoms with Gasteiger partial charge in [-0.15, -0.1) is 0 Å². The number of nitrogens with zero attached hydrogens (tertiary/aromatic N) is 3. The van der Waals surface area contributed by atoms with Crippen molar-refractivity contribution >= 4 is 17.4 Å². The lowest BCUT2D eigenvalue weighted by Gasteiger charge is -2.20. The van der Waals surface area contributed by atoms with Crippen molar-refractivity contribution in [2.24, 2.45) is 13.0 Å². The third kappa shape index (κ3) is 3.82. The third-order valence-corrected chi connectivity index (χ3v) is 4.25. The predicted molar refractivity (Wildman–Crippen MR) is 87.7 cm³/mol. The van der Waals surface area contributed by atoms with E-state index in [2.05, 4.69) is 21.0 Å². The molecule has 1 amide bonds. The van der Waals surface area contributed by atoms with Gasteiger partial charge < -0.3 is 21.1 Å². The minimum absolute atomic E-state index is 0.0280. The molecule has 0 spiro atoms. The standard InChI is InChI=1S/C14H24N6O4/c1-4-10(14(22)16-6-9-5-15-7-11(9)21)17-13-12(20(23)24)8(2)18-19(13)3/h9-11,15,17,21H,4-7H2,1-3H3,(H,16,22). The van der Waals surface area contributed by atoms with E-state index in [0.717, 1.165) is 0 Å². The van der Waals surface area contributed by atoms with Crippen LogP contribution >= 0.6 is 0 Å². The molecular formula is C14H24N6O4. The second kappa shape index (κ2) is 7.58. The summed E-state index contributed by atoms with van der Waals surface area (Å²) in [6.07, 6.45) is -0.0160. The van der Waals surface area contributed by atoms with E-state index < -0.39 is 17.1 Å². The number of carbonyl (C=O) groups excluding carboxylic acids is 1. The topological polar surface area (TPSA) is 134 Å². The average molecular weight is 340 g/mol. The van der Waals surface area contributed by atoms with Gasteiger partial charge in [-0.3, -0.25) is 14.9 Å². The molecule has 10 heteroatoms. The molecule has 1 aliphatic rings. The van der Waals surface area contributed by atoms with E-state index in [-0.39, 0.29) is 23.3 Å². The highest BCUT2D eigenvalue weighted by Crippen LogP contribution is 2.28. The lowest BCUT2D eigenvalue weighted by molar-refractivity contribution is -0.384. The monoisotopic (exact) mass is 340 g/mol. The molecule has 134 valence electrons. The van der Waals surface area contributed by atoms with Gasteiger partial charge in [0.15, 0.2) is 0 Å². The first-order valence-corrected chi connectivity index (χ1v) is 7.96. The molecule has 1 saturated heterocycles. The second-order valence-electron chi connectivity index (χ2n) is 6.00. The largest absolute Gasteiger partial charge is 0.391 e. The van der Waals surface area contributed by atoms with Crippen molar-refractivity contribution in [3.63, 3.8) is 0 Å². The van der Waals surface area contributed by atoms with Gasteiger partial charge in [0, 0.05) is 32.6 Å². The summed E-state index contributed by atoms with van der Waals surface area (Å²) in [5, 5.41) is 33.8. The molecule has 0 saturated carbocycles. The highest BCUT2D eigenvalue weighted by molar-refractivity contribution is 5.85. The van der Waals surface area contributed by atoms with Crippen molar-refractivity contribution in [3.8, 4) is 0 Å². The third-order valence-electron chi connectivity index (χ3n) is 4.25. The number of aliphatic hydroxyl groups is 1. The number of rotatable bonds is 7. The Bertz CT molecular complexity index is 617. The molecule has 1 aliphatic heterocycles. The van der Waals surface area contributed by atoms with Gasteiger partial charge in [0.1, 0.15) is 11.7 Å². The Morgan fingerprint density at radius 3 is 2.83 bits per heavy atom. The maximum Gasteiger partial charge on any atom is 0.333 e. The normalized spacial score (nSPS) is 21.5. The number of aryl methyl sites for hydroxylation is 2. The zero-order valence-electron chi connectivity index (χ0n) is 14.1. The van der Waals surface area contributed by atoms with Gasteiger partial charge in [-0.25, -0.2) is 4.68 Å². The van der Waals surface area contributed by atoms with Crippen molar-refractivity contribution in [1.29, 1.82) is 0 Å². The zero-order chi connectivity index (χ0) is 17.9. The van der Waals surface area contributed by atoms with Crippen LogP contribution in [0.5, 0.6) is 0 Å². The number of hydrogen-bond donors (Lipinski definition) is 4.